The van der Waals surface area contributed by atoms with Gasteiger partial charge in [-0.2, -0.15) is 5.46 Å². The number of nitrogens with zero attached hydrogens (tertiary/aromatic N) is 1. The Morgan fingerprint density at radius 2 is 0.956 bits per heavy atom. The molecule has 45 heavy (non-hydrogen) atoms. The maximum atomic E-state index is 4.75. The second-order valence-electron chi connectivity index (χ2n) is 13.8. The average Bonchev–Trinajstić information content (AvgIpc) is 3.03. The Morgan fingerprint density at radius 1 is 0.511 bits per heavy atom. The normalized spacial score (nSPS) is 12.5. The van der Waals surface area contributed by atoms with Gasteiger partial charge in [0.25, 0.3) is 0 Å². The Hall–Kier alpha value is -3.19. The van der Waals surface area contributed by atoms with Gasteiger partial charge in [-0.15, -0.1) is 29.2 Å². The molecule has 1 aliphatic rings. The molecule has 0 N–H and O–H groups in total. The van der Waals surface area contributed by atoms with Gasteiger partial charge in [0.15, 0.2) is 6.71 Å². The molecule has 1 radical (unpaired) electrons. The SMILES string of the molecule is CC(C)c1cccc(C(C)C)c1B1c2c[c-]c(-c3ccccn3)cc2B(c2c(C(C)C)cccc2C(C)C)c2ccccc21.[Ir]. The van der Waals surface area contributed by atoms with Crippen molar-refractivity contribution in [3.63, 3.8) is 0 Å². The predicted octanol–water partition coefficient (Wildman–Crippen LogP) is 6.39. The number of pyridine rings is 1. The zero-order valence-corrected chi connectivity index (χ0v) is 30.4. The summed E-state index contributed by atoms with van der Waals surface area (Å²) >= 11 is 0. The number of rotatable bonds is 7. The van der Waals surface area contributed by atoms with Crippen molar-refractivity contribution in [2.24, 2.45) is 0 Å². The van der Waals surface area contributed by atoms with Crippen LogP contribution in [0.15, 0.2) is 97.2 Å². The van der Waals surface area contributed by atoms with E-state index in [1.165, 1.54) is 55.0 Å². The molecule has 0 bridgehead atoms. The second kappa shape index (κ2) is 13.7. The van der Waals surface area contributed by atoms with Crippen LogP contribution in [0.1, 0.15) is 101 Å². The molecule has 0 atom stereocenters. The smallest absolute Gasteiger partial charge is 0.222 e. The topological polar surface area (TPSA) is 12.9 Å². The Morgan fingerprint density at radius 3 is 1.38 bits per heavy atom. The molecule has 0 saturated carbocycles. The molecule has 0 fully saturated rings. The Kier molecular flexibility index (Phi) is 10.1. The van der Waals surface area contributed by atoms with Gasteiger partial charge in [0.1, 0.15) is 0 Å². The molecule has 0 spiro atoms. The number of fused-ring (bicyclic) bond motifs is 2. The van der Waals surface area contributed by atoms with E-state index in [0.29, 0.717) is 23.7 Å². The van der Waals surface area contributed by atoms with Crippen molar-refractivity contribution >= 4 is 46.2 Å². The third-order valence-electron chi connectivity index (χ3n) is 9.61. The Bertz CT molecular complexity index is 1740. The maximum Gasteiger partial charge on any atom is 0.222 e. The number of benzene rings is 4. The predicted molar refractivity (Wildman–Crippen MR) is 194 cm³/mol. The summed E-state index contributed by atoms with van der Waals surface area (Å²) in [6.45, 7) is 19.0. The molecule has 4 heteroatoms. The molecule has 229 valence electrons. The maximum absolute atomic E-state index is 4.75. The van der Waals surface area contributed by atoms with Crippen molar-refractivity contribution < 1.29 is 20.1 Å². The van der Waals surface area contributed by atoms with Crippen LogP contribution in [-0.2, 0) is 20.1 Å². The molecule has 1 nitrogen and oxygen atoms in total. The van der Waals surface area contributed by atoms with Crippen LogP contribution in [0.2, 0.25) is 0 Å². The zero-order valence-electron chi connectivity index (χ0n) is 28.0. The van der Waals surface area contributed by atoms with E-state index in [4.69, 9.17) is 4.98 Å². The summed E-state index contributed by atoms with van der Waals surface area (Å²) in [5.41, 5.74) is 16.4. The zero-order chi connectivity index (χ0) is 31.1. The van der Waals surface area contributed by atoms with Crippen molar-refractivity contribution in [1.29, 1.82) is 0 Å². The fraction of sp³-hybridized carbons (Fsp3) is 0.293. The van der Waals surface area contributed by atoms with Crippen LogP contribution in [0.5, 0.6) is 0 Å². The van der Waals surface area contributed by atoms with Gasteiger partial charge in [-0.05, 0) is 46.6 Å². The average molecular weight is 765 g/mol. The fourth-order valence-electron chi connectivity index (χ4n) is 7.57. The first-order chi connectivity index (χ1) is 21.2. The summed E-state index contributed by atoms with van der Waals surface area (Å²) < 4.78 is 0. The van der Waals surface area contributed by atoms with Crippen molar-refractivity contribution in [1.82, 2.24) is 4.98 Å². The molecule has 4 aromatic carbocycles. The van der Waals surface area contributed by atoms with E-state index in [-0.39, 0.29) is 33.5 Å². The monoisotopic (exact) mass is 765 g/mol. The van der Waals surface area contributed by atoms with Gasteiger partial charge in [0, 0.05) is 26.3 Å². The van der Waals surface area contributed by atoms with E-state index in [1.54, 1.807) is 0 Å². The van der Waals surface area contributed by atoms with Gasteiger partial charge in [0.05, 0.1) is 0 Å². The summed E-state index contributed by atoms with van der Waals surface area (Å²) in [6.07, 6.45) is 1.89. The largest absolute Gasteiger partial charge is 0.305 e. The van der Waals surface area contributed by atoms with Crippen molar-refractivity contribution in [2.75, 3.05) is 0 Å². The van der Waals surface area contributed by atoms with Crippen LogP contribution in [0, 0.1) is 6.07 Å². The number of hydrogen-bond acceptors (Lipinski definition) is 1. The minimum Gasteiger partial charge on any atom is -0.305 e. The van der Waals surface area contributed by atoms with Crippen LogP contribution in [0.25, 0.3) is 11.3 Å². The first-order valence-electron chi connectivity index (χ1n) is 16.5. The molecule has 0 unspecified atom stereocenters. The molecule has 1 aromatic heterocycles. The van der Waals surface area contributed by atoms with Crippen LogP contribution in [0.3, 0.4) is 0 Å². The molecule has 5 aromatic rings. The summed E-state index contributed by atoms with van der Waals surface area (Å²) in [7, 11) is 0. The number of aromatic nitrogens is 1. The van der Waals surface area contributed by atoms with Gasteiger partial charge in [-0.25, -0.2) is 0 Å². The van der Waals surface area contributed by atoms with E-state index in [0.717, 1.165) is 11.3 Å². The molecule has 2 heterocycles. The van der Waals surface area contributed by atoms with E-state index in [9.17, 15) is 0 Å². The third-order valence-corrected chi connectivity index (χ3v) is 9.61. The molecule has 0 aliphatic carbocycles. The molecule has 1 aliphatic heterocycles. The van der Waals surface area contributed by atoms with Crippen LogP contribution in [0.4, 0.5) is 0 Å². The van der Waals surface area contributed by atoms with E-state index in [1.807, 2.05) is 12.3 Å². The second-order valence-corrected chi connectivity index (χ2v) is 13.8. The van der Waals surface area contributed by atoms with Gasteiger partial charge in [0.2, 0.25) is 6.71 Å². The molecular weight excluding hydrogens is 720 g/mol. The van der Waals surface area contributed by atoms with Gasteiger partial charge in [-0.3, -0.25) is 0 Å². The molecule has 0 saturated heterocycles. The van der Waals surface area contributed by atoms with Crippen LogP contribution >= 0.6 is 0 Å². The Balaban J connectivity index is 0.00000400. The first kappa shape index (κ1) is 33.2. The first-order valence-corrected chi connectivity index (χ1v) is 16.5. The van der Waals surface area contributed by atoms with E-state index < -0.39 is 0 Å². The van der Waals surface area contributed by atoms with Gasteiger partial charge >= 0.3 is 0 Å². The fourth-order valence-corrected chi connectivity index (χ4v) is 7.57. The summed E-state index contributed by atoms with van der Waals surface area (Å²) in [6, 6.07) is 37.9. The van der Waals surface area contributed by atoms with Gasteiger partial charge < -0.3 is 4.98 Å². The van der Waals surface area contributed by atoms with Crippen molar-refractivity contribution in [3.8, 4) is 11.3 Å². The summed E-state index contributed by atoms with van der Waals surface area (Å²) in [4.78, 5) is 4.75. The minimum atomic E-state index is 0. The quantitative estimate of drug-likeness (QED) is 0.136. The third kappa shape index (κ3) is 6.05. The summed E-state index contributed by atoms with van der Waals surface area (Å²) in [5, 5.41) is 0. The van der Waals surface area contributed by atoms with Crippen LogP contribution in [-0.4, -0.2) is 18.4 Å². The van der Waals surface area contributed by atoms with Crippen LogP contribution < -0.4 is 32.8 Å². The molecular formula is C41H44B2IrN-. The standard InChI is InChI=1S/C41H44B2N.Ir/c1-26(2)31-15-13-16-32(27(3)4)40(31)42-35-19-9-10-20-36(35)43(41-33(28(5)6)17-14-18-34(41)29(7)8)38-25-30(22-23-37(38)42)39-21-11-12-24-44-39;/h9-21,23-29H,1-8H3;/q-1;. The van der Waals surface area contributed by atoms with Gasteiger partial charge in [-0.1, -0.05) is 161 Å². The number of hydrogen-bond donors (Lipinski definition) is 0. The van der Waals surface area contributed by atoms with Crippen molar-refractivity contribution in [2.45, 2.75) is 79.1 Å². The Labute approximate surface area is 285 Å². The molecule has 6 rings (SSSR count). The van der Waals surface area contributed by atoms with Crippen molar-refractivity contribution in [3.05, 3.63) is 126 Å². The molecule has 0 amide bonds. The minimum absolute atomic E-state index is 0. The summed E-state index contributed by atoms with van der Waals surface area (Å²) in [5.74, 6) is 1.67. The van der Waals surface area contributed by atoms with E-state index in [2.05, 4.69) is 146 Å². The van der Waals surface area contributed by atoms with E-state index >= 15 is 0 Å².